The van der Waals surface area contributed by atoms with Gasteiger partial charge in [-0.15, -0.1) is 30.0 Å². The number of benzene rings is 4. The fourth-order valence-electron chi connectivity index (χ4n) is 5.57. The molecule has 0 aliphatic rings. The zero-order valence-electron chi connectivity index (χ0n) is 31.8. The minimum absolute atomic E-state index is 0. The number of aromatic nitrogens is 6. The molecule has 2 heterocycles. The van der Waals surface area contributed by atoms with Gasteiger partial charge in [0.15, 0.2) is 0 Å². The molecule has 6 N–H and O–H groups in total. The fourth-order valence-corrected chi connectivity index (χ4v) is 5.57. The molecule has 0 bridgehead atoms. The van der Waals surface area contributed by atoms with Crippen molar-refractivity contribution in [3.8, 4) is 22.9 Å². The lowest BCUT2D eigenvalue weighted by molar-refractivity contribution is -0.246. The summed E-state index contributed by atoms with van der Waals surface area (Å²) in [4.78, 5) is 28.1. The first-order valence-corrected chi connectivity index (χ1v) is 17.6. The Balaban J connectivity index is 0.000000218. The number of phenolic OH excluding ortho intramolecular Hbond substituents is 2. The molecule has 0 amide bonds. The van der Waals surface area contributed by atoms with Crippen molar-refractivity contribution in [2.45, 2.75) is 78.1 Å². The molecule has 6 aromatic rings. The van der Waals surface area contributed by atoms with E-state index in [0.717, 1.165) is 44.3 Å². The first-order valence-electron chi connectivity index (χ1n) is 17.6. The summed E-state index contributed by atoms with van der Waals surface area (Å²) in [5.41, 5.74) is 6.40. The number of fused-ring (bicyclic) bond motifs is 2. The first kappa shape index (κ1) is 41.9. The Labute approximate surface area is 318 Å². The van der Waals surface area contributed by atoms with E-state index >= 15 is 0 Å². The van der Waals surface area contributed by atoms with Gasteiger partial charge in [-0.05, 0) is 71.2 Å². The van der Waals surface area contributed by atoms with E-state index in [1.165, 1.54) is 9.59 Å². The van der Waals surface area contributed by atoms with Crippen molar-refractivity contribution in [3.05, 3.63) is 95.1 Å². The number of aliphatic hydroxyl groups is 1. The van der Waals surface area contributed by atoms with Crippen molar-refractivity contribution in [2.24, 2.45) is 0 Å². The Morgan fingerprint density at radius 1 is 0.618 bits per heavy atom. The van der Waals surface area contributed by atoms with E-state index in [4.69, 9.17) is 20.6 Å². The standard InChI is InChI=1S/2C19H21N3O3.C2H6O3/c2*1-19(2,3)13-10-12(8-9-17(23)24)11-16(18(13)25)22-20-14-6-4-5-7-15(14)21-22;3-1-2-5-4/h2*4-7,10-11,25H,8-9H2,1-3H3,(H,23,24);3-4H,1-2H2. The maximum Gasteiger partial charge on any atom is 0.303 e. The van der Waals surface area contributed by atoms with Crippen LogP contribution in [0.25, 0.3) is 33.4 Å². The molecule has 0 unspecified atom stereocenters. The van der Waals surface area contributed by atoms with Crippen LogP contribution < -0.4 is 0 Å². The summed E-state index contributed by atoms with van der Waals surface area (Å²) < 4.78 is 0. The van der Waals surface area contributed by atoms with Gasteiger partial charge < -0.3 is 25.5 Å². The summed E-state index contributed by atoms with van der Waals surface area (Å²) in [7, 11) is 0. The fraction of sp³-hybridized carbons (Fsp3) is 0.350. The van der Waals surface area contributed by atoms with Crippen LogP contribution in [0.3, 0.4) is 0 Å². The number of hydrogen-bond donors (Lipinski definition) is 6. The molecule has 55 heavy (non-hydrogen) atoms. The number of aryl methyl sites for hydroxylation is 2. The third-order valence-electron chi connectivity index (χ3n) is 8.36. The van der Waals surface area contributed by atoms with Gasteiger partial charge in [-0.25, -0.2) is 4.89 Å². The van der Waals surface area contributed by atoms with E-state index in [1.807, 2.05) is 102 Å². The number of carboxylic acids is 2. The van der Waals surface area contributed by atoms with Crippen LogP contribution in [0.15, 0.2) is 72.8 Å². The van der Waals surface area contributed by atoms with E-state index in [1.54, 1.807) is 12.1 Å². The van der Waals surface area contributed by atoms with Crippen LogP contribution in [-0.2, 0) is 38.1 Å². The number of aromatic hydroxyl groups is 2. The predicted octanol–water partition coefficient (Wildman–Crippen LogP) is 6.35. The van der Waals surface area contributed by atoms with Gasteiger partial charge in [0, 0.05) is 24.0 Å². The zero-order valence-corrected chi connectivity index (χ0v) is 31.8. The summed E-state index contributed by atoms with van der Waals surface area (Å²) in [6, 6.07) is 22.2. The highest BCUT2D eigenvalue weighted by atomic mass is 17.1. The average molecular weight is 757 g/mol. The smallest absolute Gasteiger partial charge is 0.303 e. The Morgan fingerprint density at radius 3 is 1.18 bits per heavy atom. The Kier molecular flexibility index (Phi) is 13.7. The van der Waals surface area contributed by atoms with Crippen LogP contribution in [0.1, 0.15) is 76.6 Å². The monoisotopic (exact) mass is 756 g/mol. The number of nitrogens with zero attached hydrogens (tertiary/aromatic N) is 6. The first-order chi connectivity index (χ1) is 25.9. The molecule has 15 heteroatoms. The lowest BCUT2D eigenvalue weighted by Crippen LogP contribution is -2.14. The second kappa shape index (κ2) is 18.0. The molecule has 0 atom stereocenters. The molecule has 0 spiro atoms. The number of aliphatic hydroxyl groups excluding tert-OH is 1. The minimum Gasteiger partial charge on any atom is -0.505 e. The average Bonchev–Trinajstić information content (AvgIpc) is 3.75. The van der Waals surface area contributed by atoms with Crippen molar-refractivity contribution in [2.75, 3.05) is 13.2 Å². The molecule has 292 valence electrons. The highest BCUT2D eigenvalue weighted by Crippen LogP contribution is 2.38. The number of carbonyl (C=O) groups is 2. The maximum atomic E-state index is 10.9. The van der Waals surface area contributed by atoms with Gasteiger partial charge in [0.05, 0.1) is 6.61 Å². The van der Waals surface area contributed by atoms with Crippen LogP contribution >= 0.6 is 0 Å². The van der Waals surface area contributed by atoms with Crippen molar-refractivity contribution in [1.82, 2.24) is 30.0 Å². The summed E-state index contributed by atoms with van der Waals surface area (Å²) >= 11 is 0. The topological polar surface area (TPSA) is 226 Å². The lowest BCUT2D eigenvalue weighted by atomic mass is 9.84. The van der Waals surface area contributed by atoms with Crippen molar-refractivity contribution >= 4 is 34.0 Å². The lowest BCUT2D eigenvalue weighted by Gasteiger charge is -2.23. The normalized spacial score (nSPS) is 11.5. The van der Waals surface area contributed by atoms with Gasteiger partial charge in [-0.3, -0.25) is 14.8 Å². The van der Waals surface area contributed by atoms with Crippen LogP contribution in [-0.4, -0.2) is 85.9 Å². The van der Waals surface area contributed by atoms with E-state index < -0.39 is 11.9 Å². The molecular formula is C40H48N6O9. The van der Waals surface area contributed by atoms with Gasteiger partial charge in [-0.1, -0.05) is 77.9 Å². The van der Waals surface area contributed by atoms with E-state index in [0.29, 0.717) is 24.2 Å². The van der Waals surface area contributed by atoms with Gasteiger partial charge >= 0.3 is 11.9 Å². The second-order valence-electron chi connectivity index (χ2n) is 14.8. The third-order valence-corrected chi connectivity index (χ3v) is 8.36. The van der Waals surface area contributed by atoms with Crippen LogP contribution in [0.2, 0.25) is 0 Å². The molecule has 15 nitrogen and oxygen atoms in total. The Hall–Kier alpha value is -5.90. The number of phenols is 2. The highest BCUT2D eigenvalue weighted by molar-refractivity contribution is 5.75. The molecule has 2 aromatic heterocycles. The van der Waals surface area contributed by atoms with Crippen LogP contribution in [0.4, 0.5) is 0 Å². The summed E-state index contributed by atoms with van der Waals surface area (Å²) in [5, 5.41) is 72.4. The van der Waals surface area contributed by atoms with Crippen molar-refractivity contribution < 1.29 is 45.3 Å². The van der Waals surface area contributed by atoms with Crippen LogP contribution in [0.5, 0.6) is 11.5 Å². The van der Waals surface area contributed by atoms with Gasteiger partial charge in [0.2, 0.25) is 0 Å². The molecule has 0 saturated heterocycles. The van der Waals surface area contributed by atoms with E-state index in [2.05, 4.69) is 25.3 Å². The van der Waals surface area contributed by atoms with Crippen molar-refractivity contribution in [1.29, 1.82) is 0 Å². The molecule has 0 aliphatic heterocycles. The Bertz CT molecular complexity index is 2030. The van der Waals surface area contributed by atoms with Gasteiger partial charge in [0.25, 0.3) is 0 Å². The SMILES string of the molecule is CC(C)(C)c1cc(CCC(=O)O)cc(-n2nc3ccccc3n2)c1O.CC(C)(C)c1cc(CCC(=O)O)cc(-n2nc3ccccc3n2)c1O.OCCOO. The van der Waals surface area contributed by atoms with Gasteiger partial charge in [-0.2, -0.15) is 0 Å². The quantitative estimate of drug-likeness (QED) is 0.0663. The van der Waals surface area contributed by atoms with Gasteiger partial charge in [0.1, 0.15) is 51.5 Å². The molecular weight excluding hydrogens is 708 g/mol. The van der Waals surface area contributed by atoms with E-state index in [9.17, 15) is 19.8 Å². The summed E-state index contributed by atoms with van der Waals surface area (Å²) in [6.07, 6.45) is 0.823. The highest BCUT2D eigenvalue weighted by Gasteiger charge is 2.25. The molecule has 0 aliphatic carbocycles. The minimum atomic E-state index is -0.852. The number of carboxylic acid groups (broad SMARTS) is 2. The molecule has 0 saturated carbocycles. The Morgan fingerprint density at radius 2 is 0.945 bits per heavy atom. The zero-order chi connectivity index (χ0) is 40.5. The third kappa shape index (κ3) is 11.1. The maximum absolute atomic E-state index is 10.9. The van der Waals surface area contributed by atoms with E-state index in [-0.39, 0.29) is 48.4 Å². The molecule has 6 rings (SSSR count). The summed E-state index contributed by atoms with van der Waals surface area (Å²) in [6.45, 7) is 11.9. The number of aliphatic carboxylic acids is 2. The van der Waals surface area contributed by atoms with Crippen LogP contribution in [0, 0.1) is 0 Å². The predicted molar refractivity (Wildman–Crippen MR) is 206 cm³/mol. The number of hydrogen-bond acceptors (Lipinski definition) is 11. The molecule has 4 aromatic carbocycles. The van der Waals surface area contributed by atoms with Crippen molar-refractivity contribution in [3.63, 3.8) is 0 Å². The largest absolute Gasteiger partial charge is 0.505 e. The second-order valence-corrected chi connectivity index (χ2v) is 14.8. The molecule has 0 fully saturated rings. The summed E-state index contributed by atoms with van der Waals surface area (Å²) in [5.74, 6) is -1.47. The number of rotatable bonds is 10. The molecule has 0 radical (unpaired) electrons.